The molecule has 2 nitrogen and oxygen atoms in total. The van der Waals surface area contributed by atoms with Crippen molar-refractivity contribution in [3.05, 3.63) is 35.4 Å². The smallest absolute Gasteiger partial charge is 0.0294 e. The van der Waals surface area contributed by atoms with Gasteiger partial charge in [-0.05, 0) is 69.8 Å². The molecule has 1 aromatic rings. The Labute approximate surface area is 130 Å². The predicted molar refractivity (Wildman–Crippen MR) is 91.7 cm³/mol. The van der Waals surface area contributed by atoms with Crippen LogP contribution in [0, 0.1) is 0 Å². The topological polar surface area (TPSA) is 15.3 Å². The van der Waals surface area contributed by atoms with Crippen LogP contribution in [-0.4, -0.2) is 30.6 Å². The summed E-state index contributed by atoms with van der Waals surface area (Å²) < 4.78 is 0. The SMILES string of the molecule is CCCN1CCCC(NC(C)c2ccc(CC)cc2)CC1. The number of nitrogens with one attached hydrogen (secondary N) is 1. The molecule has 0 spiro atoms. The van der Waals surface area contributed by atoms with Crippen LogP contribution in [0.2, 0.25) is 0 Å². The van der Waals surface area contributed by atoms with Gasteiger partial charge in [-0.3, -0.25) is 0 Å². The summed E-state index contributed by atoms with van der Waals surface area (Å²) in [5.41, 5.74) is 2.84. The van der Waals surface area contributed by atoms with E-state index in [1.807, 2.05) is 0 Å². The zero-order valence-corrected chi connectivity index (χ0v) is 14.1. The maximum absolute atomic E-state index is 3.85. The van der Waals surface area contributed by atoms with E-state index in [0.29, 0.717) is 12.1 Å². The van der Waals surface area contributed by atoms with Crippen LogP contribution in [0.3, 0.4) is 0 Å². The van der Waals surface area contributed by atoms with Crippen LogP contribution in [-0.2, 0) is 6.42 Å². The molecule has 2 heteroatoms. The second-order valence-electron chi connectivity index (χ2n) is 6.45. The van der Waals surface area contributed by atoms with E-state index in [2.05, 4.69) is 55.3 Å². The van der Waals surface area contributed by atoms with E-state index in [1.165, 1.54) is 56.4 Å². The number of benzene rings is 1. The Kier molecular flexibility index (Phi) is 6.72. The van der Waals surface area contributed by atoms with Gasteiger partial charge in [0.1, 0.15) is 0 Å². The molecule has 1 aromatic carbocycles. The molecule has 1 N–H and O–H groups in total. The van der Waals surface area contributed by atoms with E-state index in [1.54, 1.807) is 0 Å². The first-order valence-corrected chi connectivity index (χ1v) is 8.80. The lowest BCUT2D eigenvalue weighted by Gasteiger charge is -2.23. The van der Waals surface area contributed by atoms with Gasteiger partial charge in [0.15, 0.2) is 0 Å². The van der Waals surface area contributed by atoms with Crippen LogP contribution < -0.4 is 5.32 Å². The summed E-state index contributed by atoms with van der Waals surface area (Å²) in [7, 11) is 0. The van der Waals surface area contributed by atoms with Crippen LogP contribution in [0.5, 0.6) is 0 Å². The molecule has 0 bridgehead atoms. The molecule has 2 atom stereocenters. The minimum atomic E-state index is 0.457. The molecule has 118 valence electrons. The Bertz CT molecular complexity index is 399. The van der Waals surface area contributed by atoms with E-state index in [9.17, 15) is 0 Å². The van der Waals surface area contributed by atoms with E-state index in [-0.39, 0.29) is 0 Å². The quantitative estimate of drug-likeness (QED) is 0.845. The van der Waals surface area contributed by atoms with Crippen molar-refractivity contribution in [1.29, 1.82) is 0 Å². The van der Waals surface area contributed by atoms with Gasteiger partial charge in [-0.2, -0.15) is 0 Å². The first-order chi connectivity index (χ1) is 10.2. The number of hydrogen-bond donors (Lipinski definition) is 1. The third-order valence-electron chi connectivity index (χ3n) is 4.73. The van der Waals surface area contributed by atoms with E-state index >= 15 is 0 Å². The predicted octanol–water partition coefficient (Wildman–Crippen LogP) is 4.16. The monoisotopic (exact) mass is 288 g/mol. The molecule has 1 aliphatic rings. The lowest BCUT2D eigenvalue weighted by molar-refractivity contribution is 0.281. The van der Waals surface area contributed by atoms with Gasteiger partial charge >= 0.3 is 0 Å². The van der Waals surface area contributed by atoms with E-state index < -0.39 is 0 Å². The zero-order valence-electron chi connectivity index (χ0n) is 14.1. The summed E-state index contributed by atoms with van der Waals surface area (Å²) in [6.07, 6.45) is 6.34. The van der Waals surface area contributed by atoms with Crippen molar-refractivity contribution in [2.75, 3.05) is 19.6 Å². The number of rotatable bonds is 6. The Hall–Kier alpha value is -0.860. The van der Waals surface area contributed by atoms with Gasteiger partial charge in [-0.15, -0.1) is 0 Å². The molecule has 1 saturated heterocycles. The van der Waals surface area contributed by atoms with E-state index in [0.717, 1.165) is 6.42 Å². The highest BCUT2D eigenvalue weighted by molar-refractivity contribution is 5.24. The average molecular weight is 288 g/mol. The second-order valence-corrected chi connectivity index (χ2v) is 6.45. The van der Waals surface area contributed by atoms with Crippen LogP contribution in [0.25, 0.3) is 0 Å². The van der Waals surface area contributed by atoms with Gasteiger partial charge < -0.3 is 10.2 Å². The summed E-state index contributed by atoms with van der Waals surface area (Å²) in [4.78, 5) is 2.63. The lowest BCUT2D eigenvalue weighted by Crippen LogP contribution is -2.33. The second kappa shape index (κ2) is 8.55. The van der Waals surface area contributed by atoms with Crippen molar-refractivity contribution in [1.82, 2.24) is 10.2 Å². The van der Waals surface area contributed by atoms with Gasteiger partial charge in [-0.25, -0.2) is 0 Å². The Morgan fingerprint density at radius 3 is 2.57 bits per heavy atom. The van der Waals surface area contributed by atoms with Crippen molar-refractivity contribution in [3.63, 3.8) is 0 Å². The van der Waals surface area contributed by atoms with E-state index in [4.69, 9.17) is 0 Å². The highest BCUT2D eigenvalue weighted by Crippen LogP contribution is 2.18. The number of hydrogen-bond acceptors (Lipinski definition) is 2. The summed E-state index contributed by atoms with van der Waals surface area (Å²) in [6.45, 7) is 10.6. The van der Waals surface area contributed by atoms with Gasteiger partial charge in [0, 0.05) is 12.1 Å². The van der Waals surface area contributed by atoms with Gasteiger partial charge in [-0.1, -0.05) is 38.1 Å². The summed E-state index contributed by atoms with van der Waals surface area (Å²) in [6, 6.07) is 10.2. The van der Waals surface area contributed by atoms with Crippen molar-refractivity contribution in [2.24, 2.45) is 0 Å². The van der Waals surface area contributed by atoms with Crippen molar-refractivity contribution in [2.45, 2.75) is 65.0 Å². The highest BCUT2D eigenvalue weighted by Gasteiger charge is 2.18. The third kappa shape index (κ3) is 5.12. The first-order valence-electron chi connectivity index (χ1n) is 8.80. The normalized spacial score (nSPS) is 22.0. The molecule has 0 aromatic heterocycles. The maximum atomic E-state index is 3.85. The largest absolute Gasteiger partial charge is 0.307 e. The molecule has 0 saturated carbocycles. The minimum absolute atomic E-state index is 0.457. The standard InChI is InChI=1S/C19H32N2/c1-4-13-21-14-6-7-19(12-15-21)20-16(3)18-10-8-17(5-2)9-11-18/h8-11,16,19-20H,4-7,12-15H2,1-3H3. The molecule has 2 unspecified atom stereocenters. The third-order valence-corrected chi connectivity index (χ3v) is 4.73. The summed E-state index contributed by atoms with van der Waals surface area (Å²) in [5.74, 6) is 0. The number of aryl methyl sites for hydroxylation is 1. The van der Waals surface area contributed by atoms with Gasteiger partial charge in [0.05, 0.1) is 0 Å². The molecular formula is C19H32N2. The highest BCUT2D eigenvalue weighted by atomic mass is 15.1. The fourth-order valence-electron chi connectivity index (χ4n) is 3.35. The van der Waals surface area contributed by atoms with Crippen molar-refractivity contribution < 1.29 is 0 Å². The average Bonchev–Trinajstić information content (AvgIpc) is 2.73. The van der Waals surface area contributed by atoms with Crippen LogP contribution in [0.15, 0.2) is 24.3 Å². The summed E-state index contributed by atoms with van der Waals surface area (Å²) in [5, 5.41) is 3.85. The van der Waals surface area contributed by atoms with Crippen molar-refractivity contribution >= 4 is 0 Å². The number of nitrogens with zero attached hydrogens (tertiary/aromatic N) is 1. The molecule has 1 fully saturated rings. The molecule has 0 aliphatic carbocycles. The van der Waals surface area contributed by atoms with Crippen LogP contribution in [0.1, 0.15) is 63.6 Å². The summed E-state index contributed by atoms with van der Waals surface area (Å²) >= 11 is 0. The zero-order chi connectivity index (χ0) is 15.1. The van der Waals surface area contributed by atoms with Crippen LogP contribution in [0.4, 0.5) is 0 Å². The Balaban J connectivity index is 1.85. The lowest BCUT2D eigenvalue weighted by atomic mass is 10.0. The molecule has 1 aliphatic heterocycles. The van der Waals surface area contributed by atoms with Gasteiger partial charge in [0.2, 0.25) is 0 Å². The van der Waals surface area contributed by atoms with Crippen molar-refractivity contribution in [3.8, 4) is 0 Å². The molecule has 0 radical (unpaired) electrons. The Morgan fingerprint density at radius 1 is 1.14 bits per heavy atom. The molecule has 1 heterocycles. The van der Waals surface area contributed by atoms with Gasteiger partial charge in [0.25, 0.3) is 0 Å². The maximum Gasteiger partial charge on any atom is 0.0294 e. The fourth-order valence-corrected chi connectivity index (χ4v) is 3.35. The molecule has 0 amide bonds. The van der Waals surface area contributed by atoms with Crippen LogP contribution >= 0.6 is 0 Å². The minimum Gasteiger partial charge on any atom is -0.307 e. The number of likely N-dealkylation sites (tertiary alicyclic amines) is 1. The molecular weight excluding hydrogens is 256 g/mol. The molecule has 2 rings (SSSR count). The first kappa shape index (κ1) is 16.5. The molecule has 21 heavy (non-hydrogen) atoms. The Morgan fingerprint density at radius 2 is 1.90 bits per heavy atom. The fraction of sp³-hybridized carbons (Fsp3) is 0.684.